The van der Waals surface area contributed by atoms with Crippen molar-refractivity contribution in [3.8, 4) is 0 Å². The van der Waals surface area contributed by atoms with Crippen molar-refractivity contribution < 1.29 is 13.6 Å². The van der Waals surface area contributed by atoms with E-state index in [1.807, 2.05) is 0 Å². The molecule has 0 bridgehead atoms. The standard InChI is InChI=1S/C5H14N4O3S/c1-4(5(6)7-10)8-13(11,12)9(2)3/h4,8,10H,1-3H3,(H2,6,7). The Bertz CT molecular complexity index is 284. The van der Waals surface area contributed by atoms with Gasteiger partial charge in [0.2, 0.25) is 0 Å². The highest BCUT2D eigenvalue weighted by atomic mass is 32.2. The minimum Gasteiger partial charge on any atom is -0.409 e. The lowest BCUT2D eigenvalue weighted by atomic mass is 10.3. The summed E-state index contributed by atoms with van der Waals surface area (Å²) in [5.41, 5.74) is 5.18. The Labute approximate surface area is 77.4 Å². The number of hydrogen-bond acceptors (Lipinski definition) is 4. The number of nitrogens with zero attached hydrogens (tertiary/aromatic N) is 2. The second kappa shape index (κ2) is 4.40. The van der Waals surface area contributed by atoms with E-state index in [2.05, 4.69) is 9.88 Å². The molecule has 0 fully saturated rings. The van der Waals surface area contributed by atoms with Crippen LogP contribution in [0.2, 0.25) is 0 Å². The normalized spacial score (nSPS) is 16.2. The van der Waals surface area contributed by atoms with E-state index >= 15 is 0 Å². The second-order valence-electron chi connectivity index (χ2n) is 2.65. The predicted octanol–water partition coefficient (Wildman–Crippen LogP) is -1.48. The first kappa shape index (κ1) is 12.1. The summed E-state index contributed by atoms with van der Waals surface area (Å²) < 4.78 is 25.6. The molecule has 0 aromatic heterocycles. The molecule has 13 heavy (non-hydrogen) atoms. The molecule has 1 unspecified atom stereocenters. The third-order valence-corrected chi connectivity index (χ3v) is 2.98. The van der Waals surface area contributed by atoms with E-state index in [9.17, 15) is 8.42 Å². The summed E-state index contributed by atoms with van der Waals surface area (Å²) in [6.45, 7) is 1.47. The van der Waals surface area contributed by atoms with E-state index in [1.54, 1.807) is 0 Å². The number of hydrogen-bond donors (Lipinski definition) is 3. The van der Waals surface area contributed by atoms with Crippen LogP contribution in [-0.4, -0.2) is 43.9 Å². The van der Waals surface area contributed by atoms with Crippen molar-refractivity contribution >= 4 is 16.0 Å². The van der Waals surface area contributed by atoms with Crippen molar-refractivity contribution in [1.82, 2.24) is 9.03 Å². The van der Waals surface area contributed by atoms with Crippen LogP contribution in [0.25, 0.3) is 0 Å². The van der Waals surface area contributed by atoms with Gasteiger partial charge in [-0.25, -0.2) is 0 Å². The summed E-state index contributed by atoms with van der Waals surface area (Å²) in [5, 5.41) is 10.9. The molecule has 0 saturated heterocycles. The third kappa shape index (κ3) is 3.57. The molecule has 4 N–H and O–H groups in total. The van der Waals surface area contributed by atoms with Gasteiger partial charge >= 0.3 is 0 Å². The second-order valence-corrected chi connectivity index (χ2v) is 4.57. The molecule has 0 radical (unpaired) electrons. The van der Waals surface area contributed by atoms with Crippen LogP contribution in [0.1, 0.15) is 6.92 Å². The van der Waals surface area contributed by atoms with Gasteiger partial charge in [-0.3, -0.25) is 0 Å². The summed E-state index contributed by atoms with van der Waals surface area (Å²) in [6.07, 6.45) is 0. The van der Waals surface area contributed by atoms with E-state index in [4.69, 9.17) is 10.9 Å². The minimum atomic E-state index is -3.54. The van der Waals surface area contributed by atoms with Gasteiger partial charge in [-0.1, -0.05) is 5.16 Å². The van der Waals surface area contributed by atoms with Crippen molar-refractivity contribution in [1.29, 1.82) is 0 Å². The van der Waals surface area contributed by atoms with Gasteiger partial charge in [0.25, 0.3) is 10.2 Å². The van der Waals surface area contributed by atoms with Gasteiger partial charge in [-0.2, -0.15) is 17.4 Å². The summed E-state index contributed by atoms with van der Waals surface area (Å²) in [6, 6.07) is -0.739. The fourth-order valence-corrected chi connectivity index (χ4v) is 1.25. The molecular weight excluding hydrogens is 196 g/mol. The highest BCUT2D eigenvalue weighted by Crippen LogP contribution is 1.92. The van der Waals surface area contributed by atoms with Crippen LogP contribution < -0.4 is 10.5 Å². The summed E-state index contributed by atoms with van der Waals surface area (Å²) in [4.78, 5) is 0. The fourth-order valence-electron chi connectivity index (χ4n) is 0.476. The van der Waals surface area contributed by atoms with Crippen LogP contribution in [0.3, 0.4) is 0 Å². The molecule has 78 valence electrons. The minimum absolute atomic E-state index is 0.189. The predicted molar refractivity (Wildman–Crippen MR) is 48.6 cm³/mol. The summed E-state index contributed by atoms with van der Waals surface area (Å²) >= 11 is 0. The Kier molecular flexibility index (Phi) is 4.11. The van der Waals surface area contributed by atoms with Gasteiger partial charge in [0.05, 0.1) is 6.04 Å². The molecule has 7 nitrogen and oxygen atoms in total. The van der Waals surface area contributed by atoms with Crippen molar-refractivity contribution in [2.45, 2.75) is 13.0 Å². The van der Waals surface area contributed by atoms with E-state index in [-0.39, 0.29) is 5.84 Å². The SMILES string of the molecule is CC(NS(=O)(=O)N(C)C)/C(N)=N/O. The van der Waals surface area contributed by atoms with Gasteiger partial charge in [-0.15, -0.1) is 0 Å². The molecular formula is C5H14N4O3S. The third-order valence-electron chi connectivity index (χ3n) is 1.37. The Balaban J connectivity index is 4.47. The lowest BCUT2D eigenvalue weighted by molar-refractivity contribution is 0.315. The van der Waals surface area contributed by atoms with E-state index in [1.165, 1.54) is 21.0 Å². The van der Waals surface area contributed by atoms with Gasteiger partial charge in [0.15, 0.2) is 5.84 Å². The molecule has 8 heteroatoms. The van der Waals surface area contributed by atoms with Crippen LogP contribution in [-0.2, 0) is 10.2 Å². The van der Waals surface area contributed by atoms with Gasteiger partial charge in [0.1, 0.15) is 0 Å². The smallest absolute Gasteiger partial charge is 0.279 e. The molecule has 0 amide bonds. The van der Waals surface area contributed by atoms with Crippen molar-refractivity contribution in [2.24, 2.45) is 10.9 Å². The average molecular weight is 210 g/mol. The van der Waals surface area contributed by atoms with Crippen LogP contribution in [0, 0.1) is 0 Å². The molecule has 0 saturated carbocycles. The van der Waals surface area contributed by atoms with Crippen molar-refractivity contribution in [3.63, 3.8) is 0 Å². The topological polar surface area (TPSA) is 108 Å². The molecule has 0 rings (SSSR count). The molecule has 0 heterocycles. The first-order valence-electron chi connectivity index (χ1n) is 3.48. The molecule has 0 aliphatic heterocycles. The maximum absolute atomic E-state index is 11.2. The zero-order chi connectivity index (χ0) is 10.6. The Morgan fingerprint density at radius 1 is 1.62 bits per heavy atom. The Hall–Kier alpha value is -0.860. The number of rotatable bonds is 4. The van der Waals surface area contributed by atoms with Crippen LogP contribution in [0.5, 0.6) is 0 Å². The van der Waals surface area contributed by atoms with E-state index in [0.29, 0.717) is 0 Å². The highest BCUT2D eigenvalue weighted by Gasteiger charge is 2.18. The number of nitrogens with two attached hydrogens (primary N) is 1. The fraction of sp³-hybridized carbons (Fsp3) is 0.800. The summed E-state index contributed by atoms with van der Waals surface area (Å²) in [7, 11) is -0.789. The Morgan fingerprint density at radius 2 is 2.08 bits per heavy atom. The maximum Gasteiger partial charge on any atom is 0.279 e. The first-order chi connectivity index (χ1) is 5.81. The van der Waals surface area contributed by atoms with Crippen LogP contribution in [0.15, 0.2) is 5.16 Å². The quantitative estimate of drug-likeness (QED) is 0.227. The lowest BCUT2D eigenvalue weighted by Gasteiger charge is -2.16. The molecule has 0 aliphatic carbocycles. The average Bonchev–Trinajstić information content (AvgIpc) is 2.01. The number of nitrogens with one attached hydrogen (secondary N) is 1. The van der Waals surface area contributed by atoms with Crippen LogP contribution >= 0.6 is 0 Å². The molecule has 0 aromatic rings. The maximum atomic E-state index is 11.2. The van der Waals surface area contributed by atoms with Crippen molar-refractivity contribution in [3.05, 3.63) is 0 Å². The van der Waals surface area contributed by atoms with Gasteiger partial charge < -0.3 is 10.9 Å². The molecule has 0 spiro atoms. The zero-order valence-electron chi connectivity index (χ0n) is 7.72. The number of amidine groups is 1. The largest absolute Gasteiger partial charge is 0.409 e. The molecule has 0 aromatic carbocycles. The monoisotopic (exact) mass is 210 g/mol. The summed E-state index contributed by atoms with van der Waals surface area (Å²) in [5.74, 6) is -0.189. The lowest BCUT2D eigenvalue weighted by Crippen LogP contribution is -2.46. The number of oxime groups is 1. The zero-order valence-corrected chi connectivity index (χ0v) is 8.54. The first-order valence-corrected chi connectivity index (χ1v) is 4.92. The highest BCUT2D eigenvalue weighted by molar-refractivity contribution is 7.87. The van der Waals surface area contributed by atoms with E-state index in [0.717, 1.165) is 4.31 Å². The van der Waals surface area contributed by atoms with Crippen molar-refractivity contribution in [2.75, 3.05) is 14.1 Å². The van der Waals surface area contributed by atoms with Gasteiger partial charge in [0, 0.05) is 14.1 Å². The molecule has 0 aliphatic rings. The molecule has 1 atom stereocenters. The van der Waals surface area contributed by atoms with Crippen LogP contribution in [0.4, 0.5) is 0 Å². The van der Waals surface area contributed by atoms with E-state index < -0.39 is 16.3 Å². The van der Waals surface area contributed by atoms with Gasteiger partial charge in [-0.05, 0) is 6.92 Å². The Morgan fingerprint density at radius 3 is 2.38 bits per heavy atom.